The summed E-state index contributed by atoms with van der Waals surface area (Å²) in [6, 6.07) is 10.8. The SMILES string of the molecule is CCOc1cccc2c1OCC(C(=O)NS(=O)(=O)c1ccc(Cl)cc1)=C2. The lowest BCUT2D eigenvalue weighted by Gasteiger charge is -2.20. The van der Waals surface area contributed by atoms with Crippen molar-refractivity contribution in [2.45, 2.75) is 11.8 Å². The molecule has 1 heterocycles. The number of hydrogen-bond acceptors (Lipinski definition) is 5. The summed E-state index contributed by atoms with van der Waals surface area (Å²) in [7, 11) is -4.00. The maximum atomic E-state index is 12.4. The van der Waals surface area contributed by atoms with Gasteiger partial charge in [-0.1, -0.05) is 23.7 Å². The lowest BCUT2D eigenvalue weighted by molar-refractivity contribution is -0.116. The van der Waals surface area contributed by atoms with Crippen LogP contribution in [-0.4, -0.2) is 27.5 Å². The van der Waals surface area contributed by atoms with Gasteiger partial charge in [0.05, 0.1) is 17.1 Å². The quantitative estimate of drug-likeness (QED) is 0.844. The normalized spacial score (nSPS) is 13.2. The molecule has 0 bridgehead atoms. The standard InChI is InChI=1S/C18H16ClNO5S/c1-2-24-16-5-3-4-12-10-13(11-25-17(12)16)18(21)20-26(22,23)15-8-6-14(19)7-9-15/h3-10H,2,11H2,1H3,(H,20,21). The van der Waals surface area contributed by atoms with Crippen LogP contribution in [0.4, 0.5) is 0 Å². The van der Waals surface area contributed by atoms with Gasteiger partial charge in [0.1, 0.15) is 6.61 Å². The molecule has 0 fully saturated rings. The van der Waals surface area contributed by atoms with E-state index >= 15 is 0 Å². The van der Waals surface area contributed by atoms with Crippen LogP contribution >= 0.6 is 11.6 Å². The summed E-state index contributed by atoms with van der Waals surface area (Å²) in [6.45, 7) is 2.29. The molecule has 0 aliphatic carbocycles. The third-order valence-corrected chi connectivity index (χ3v) is 5.25. The fraction of sp³-hybridized carbons (Fsp3) is 0.167. The molecule has 3 rings (SSSR count). The Morgan fingerprint density at radius 3 is 2.65 bits per heavy atom. The fourth-order valence-corrected chi connectivity index (χ4v) is 3.55. The lowest BCUT2D eigenvalue weighted by Crippen LogP contribution is -2.33. The number of benzene rings is 2. The van der Waals surface area contributed by atoms with Crippen LogP contribution in [0.2, 0.25) is 5.02 Å². The van der Waals surface area contributed by atoms with Gasteiger partial charge in [-0.2, -0.15) is 0 Å². The molecule has 2 aromatic rings. The summed E-state index contributed by atoms with van der Waals surface area (Å²) in [4.78, 5) is 12.3. The molecule has 6 nitrogen and oxygen atoms in total. The summed E-state index contributed by atoms with van der Waals surface area (Å²) in [5.41, 5.74) is 0.847. The predicted octanol–water partition coefficient (Wildman–Crippen LogP) is 3.02. The van der Waals surface area contributed by atoms with Crippen molar-refractivity contribution in [3.63, 3.8) is 0 Å². The summed E-state index contributed by atoms with van der Waals surface area (Å²) >= 11 is 5.75. The van der Waals surface area contributed by atoms with Crippen molar-refractivity contribution in [1.82, 2.24) is 4.72 Å². The van der Waals surface area contributed by atoms with E-state index in [2.05, 4.69) is 0 Å². The van der Waals surface area contributed by atoms with E-state index in [4.69, 9.17) is 21.1 Å². The first-order valence-corrected chi connectivity index (χ1v) is 9.68. The van der Waals surface area contributed by atoms with Gasteiger partial charge >= 0.3 is 0 Å². The Morgan fingerprint density at radius 2 is 1.96 bits per heavy atom. The third kappa shape index (κ3) is 3.84. The maximum absolute atomic E-state index is 12.4. The van der Waals surface area contributed by atoms with E-state index in [1.807, 2.05) is 11.6 Å². The largest absolute Gasteiger partial charge is 0.490 e. The number of hydrogen-bond donors (Lipinski definition) is 1. The molecular weight excluding hydrogens is 378 g/mol. The van der Waals surface area contributed by atoms with E-state index in [1.165, 1.54) is 24.3 Å². The Kier molecular flexibility index (Phi) is 5.20. The van der Waals surface area contributed by atoms with Gasteiger partial charge in [-0.15, -0.1) is 0 Å². The molecule has 1 amide bonds. The first-order valence-electron chi connectivity index (χ1n) is 7.82. The number of fused-ring (bicyclic) bond motifs is 1. The lowest BCUT2D eigenvalue weighted by atomic mass is 10.1. The van der Waals surface area contributed by atoms with Gasteiger partial charge in [-0.05, 0) is 43.3 Å². The second-order valence-electron chi connectivity index (χ2n) is 5.45. The number of halogens is 1. The molecule has 0 saturated heterocycles. The van der Waals surface area contributed by atoms with Crippen LogP contribution < -0.4 is 14.2 Å². The summed E-state index contributed by atoms with van der Waals surface area (Å²) < 4.78 is 37.8. The van der Waals surface area contributed by atoms with E-state index < -0.39 is 15.9 Å². The molecular formula is C18H16ClNO5S. The van der Waals surface area contributed by atoms with E-state index in [9.17, 15) is 13.2 Å². The number of carbonyl (C=O) groups is 1. The highest BCUT2D eigenvalue weighted by Gasteiger charge is 2.24. The molecule has 1 N–H and O–H groups in total. The molecule has 0 unspecified atom stereocenters. The monoisotopic (exact) mass is 393 g/mol. The molecule has 2 aromatic carbocycles. The highest BCUT2D eigenvalue weighted by atomic mass is 35.5. The highest BCUT2D eigenvalue weighted by Crippen LogP contribution is 2.35. The third-order valence-electron chi connectivity index (χ3n) is 3.65. The predicted molar refractivity (Wildman–Crippen MR) is 97.9 cm³/mol. The maximum Gasteiger partial charge on any atom is 0.264 e. The minimum Gasteiger partial charge on any atom is -0.490 e. The van der Waals surface area contributed by atoms with Crippen LogP contribution in [0, 0.1) is 0 Å². The molecule has 1 aliphatic rings. The molecule has 0 saturated carbocycles. The molecule has 8 heteroatoms. The van der Waals surface area contributed by atoms with Crippen LogP contribution in [0.15, 0.2) is 52.9 Å². The van der Waals surface area contributed by atoms with Crippen molar-refractivity contribution < 1.29 is 22.7 Å². The number of para-hydroxylation sites is 1. The number of nitrogens with one attached hydrogen (secondary N) is 1. The van der Waals surface area contributed by atoms with Crippen LogP contribution in [0.1, 0.15) is 12.5 Å². The zero-order valence-electron chi connectivity index (χ0n) is 13.9. The fourth-order valence-electron chi connectivity index (χ4n) is 2.44. The summed E-state index contributed by atoms with van der Waals surface area (Å²) in [5, 5.41) is 0.403. The molecule has 0 radical (unpaired) electrons. The van der Waals surface area contributed by atoms with Crippen molar-refractivity contribution in [2.75, 3.05) is 13.2 Å². The van der Waals surface area contributed by atoms with Crippen molar-refractivity contribution in [3.05, 3.63) is 58.6 Å². The van der Waals surface area contributed by atoms with Crippen LogP contribution in [-0.2, 0) is 14.8 Å². The number of sulfonamides is 1. The van der Waals surface area contributed by atoms with Gasteiger partial charge in [0, 0.05) is 10.6 Å². The summed E-state index contributed by atoms with van der Waals surface area (Å²) in [5.74, 6) is 0.369. The second kappa shape index (κ2) is 7.39. The average molecular weight is 394 g/mol. The van der Waals surface area contributed by atoms with Crippen molar-refractivity contribution >= 4 is 33.6 Å². The van der Waals surface area contributed by atoms with Gasteiger partial charge in [-0.3, -0.25) is 4.79 Å². The number of carbonyl (C=O) groups excluding carboxylic acids is 1. The number of rotatable bonds is 5. The molecule has 0 spiro atoms. The highest BCUT2D eigenvalue weighted by molar-refractivity contribution is 7.90. The second-order valence-corrected chi connectivity index (χ2v) is 7.57. The minimum absolute atomic E-state index is 0.0494. The first kappa shape index (κ1) is 18.3. The topological polar surface area (TPSA) is 81.7 Å². The Hall–Kier alpha value is -2.51. The van der Waals surface area contributed by atoms with Gasteiger partial charge in [-0.25, -0.2) is 13.1 Å². The molecule has 136 valence electrons. The smallest absolute Gasteiger partial charge is 0.264 e. The van der Waals surface area contributed by atoms with Crippen LogP contribution in [0.5, 0.6) is 11.5 Å². The van der Waals surface area contributed by atoms with Gasteiger partial charge < -0.3 is 9.47 Å². The Bertz CT molecular complexity index is 968. The van der Waals surface area contributed by atoms with Gasteiger partial charge in [0.15, 0.2) is 11.5 Å². The Morgan fingerprint density at radius 1 is 1.23 bits per heavy atom. The van der Waals surface area contributed by atoms with E-state index in [-0.39, 0.29) is 17.1 Å². The molecule has 26 heavy (non-hydrogen) atoms. The van der Waals surface area contributed by atoms with E-state index in [0.717, 1.165) is 0 Å². The van der Waals surface area contributed by atoms with Gasteiger partial charge in [0.2, 0.25) is 0 Å². The molecule has 0 aromatic heterocycles. The van der Waals surface area contributed by atoms with E-state index in [1.54, 1.807) is 24.3 Å². The van der Waals surface area contributed by atoms with Crippen molar-refractivity contribution in [3.8, 4) is 11.5 Å². The van der Waals surface area contributed by atoms with Crippen LogP contribution in [0.25, 0.3) is 6.08 Å². The molecule has 0 atom stereocenters. The minimum atomic E-state index is -4.00. The van der Waals surface area contributed by atoms with Crippen LogP contribution in [0.3, 0.4) is 0 Å². The zero-order valence-corrected chi connectivity index (χ0v) is 15.4. The van der Waals surface area contributed by atoms with E-state index in [0.29, 0.717) is 28.7 Å². The van der Waals surface area contributed by atoms with Crippen molar-refractivity contribution in [2.24, 2.45) is 0 Å². The zero-order chi connectivity index (χ0) is 18.7. The summed E-state index contributed by atoms with van der Waals surface area (Å²) in [6.07, 6.45) is 1.59. The van der Waals surface area contributed by atoms with Crippen molar-refractivity contribution in [1.29, 1.82) is 0 Å². The number of amides is 1. The average Bonchev–Trinajstić information content (AvgIpc) is 2.62. The Balaban J connectivity index is 1.82. The van der Waals surface area contributed by atoms with Gasteiger partial charge in [0.25, 0.3) is 15.9 Å². The Labute approximate surface area is 156 Å². The number of ether oxygens (including phenoxy) is 2. The molecule has 1 aliphatic heterocycles. The first-order chi connectivity index (χ1) is 12.4.